The lowest BCUT2D eigenvalue weighted by Crippen LogP contribution is -2.23. The van der Waals surface area contributed by atoms with Gasteiger partial charge in [-0.15, -0.1) is 11.3 Å². The Hall–Kier alpha value is -0.710. The van der Waals surface area contributed by atoms with Gasteiger partial charge in [0.1, 0.15) is 5.01 Å². The van der Waals surface area contributed by atoms with Crippen molar-refractivity contribution >= 4 is 27.3 Å². The molecule has 20 heavy (non-hydrogen) atoms. The molecule has 1 atom stereocenters. The van der Waals surface area contributed by atoms with Gasteiger partial charge in [0.15, 0.2) is 0 Å². The van der Waals surface area contributed by atoms with Gasteiger partial charge in [-0.2, -0.15) is 0 Å². The number of aromatic nitrogens is 1. The lowest BCUT2D eigenvalue weighted by atomic mass is 10.1. The molecule has 0 radical (unpaired) electrons. The van der Waals surface area contributed by atoms with Crippen LogP contribution >= 0.6 is 27.3 Å². The van der Waals surface area contributed by atoms with Gasteiger partial charge in [0.05, 0.1) is 11.7 Å². The SMILES string of the molecule is CCCNC(c1nc(C(C)C)cs1)c1ccccc1Br. The van der Waals surface area contributed by atoms with E-state index in [0.717, 1.165) is 22.4 Å². The van der Waals surface area contributed by atoms with Crippen molar-refractivity contribution in [1.29, 1.82) is 0 Å². The van der Waals surface area contributed by atoms with Crippen LogP contribution in [0.1, 0.15) is 55.4 Å². The number of nitrogens with zero attached hydrogens (tertiary/aromatic N) is 1. The van der Waals surface area contributed by atoms with Crippen LogP contribution in [0.2, 0.25) is 0 Å². The molecular formula is C16H21BrN2S. The Morgan fingerprint density at radius 2 is 2.05 bits per heavy atom. The fourth-order valence-corrected chi connectivity index (χ4v) is 3.61. The molecule has 0 spiro atoms. The highest BCUT2D eigenvalue weighted by Gasteiger charge is 2.19. The second-order valence-corrected chi connectivity index (χ2v) is 6.92. The third kappa shape index (κ3) is 3.68. The smallest absolute Gasteiger partial charge is 0.114 e. The maximum absolute atomic E-state index is 4.82. The summed E-state index contributed by atoms with van der Waals surface area (Å²) in [5.74, 6) is 0.478. The monoisotopic (exact) mass is 352 g/mol. The van der Waals surface area contributed by atoms with E-state index in [1.54, 1.807) is 11.3 Å². The largest absolute Gasteiger partial charge is 0.304 e. The molecule has 0 aliphatic rings. The number of nitrogens with one attached hydrogen (secondary N) is 1. The zero-order valence-corrected chi connectivity index (χ0v) is 14.6. The van der Waals surface area contributed by atoms with Gasteiger partial charge in [-0.1, -0.05) is 54.9 Å². The second kappa shape index (κ2) is 7.34. The minimum atomic E-state index is 0.169. The fourth-order valence-electron chi connectivity index (χ4n) is 2.03. The highest BCUT2D eigenvalue weighted by Crippen LogP contribution is 2.31. The molecule has 2 nitrogen and oxygen atoms in total. The van der Waals surface area contributed by atoms with Crippen LogP contribution in [0, 0.1) is 0 Å². The van der Waals surface area contributed by atoms with Gasteiger partial charge in [0, 0.05) is 9.85 Å². The van der Waals surface area contributed by atoms with Gasteiger partial charge in [-0.25, -0.2) is 4.98 Å². The summed E-state index contributed by atoms with van der Waals surface area (Å²) in [7, 11) is 0. The van der Waals surface area contributed by atoms with Gasteiger partial charge in [0.2, 0.25) is 0 Å². The first kappa shape index (κ1) is 15.7. The summed E-state index contributed by atoms with van der Waals surface area (Å²) in [6.07, 6.45) is 1.11. The van der Waals surface area contributed by atoms with Gasteiger partial charge in [0.25, 0.3) is 0 Å². The third-order valence-corrected chi connectivity index (χ3v) is 4.84. The van der Waals surface area contributed by atoms with E-state index >= 15 is 0 Å². The zero-order valence-electron chi connectivity index (χ0n) is 12.2. The predicted molar refractivity (Wildman–Crippen MR) is 90.5 cm³/mol. The Bertz CT molecular complexity index is 551. The van der Waals surface area contributed by atoms with Crippen LogP contribution in [0.4, 0.5) is 0 Å². The number of hydrogen-bond donors (Lipinski definition) is 1. The first-order valence-corrected chi connectivity index (χ1v) is 8.73. The van der Waals surface area contributed by atoms with Crippen LogP contribution in [-0.2, 0) is 0 Å². The lowest BCUT2D eigenvalue weighted by Gasteiger charge is -2.18. The summed E-state index contributed by atoms with van der Waals surface area (Å²) >= 11 is 5.40. The van der Waals surface area contributed by atoms with E-state index in [2.05, 4.69) is 65.6 Å². The van der Waals surface area contributed by atoms with Crippen molar-refractivity contribution in [3.8, 4) is 0 Å². The van der Waals surface area contributed by atoms with E-state index in [0.29, 0.717) is 5.92 Å². The molecule has 0 amide bonds. The van der Waals surface area contributed by atoms with E-state index in [1.807, 2.05) is 6.07 Å². The topological polar surface area (TPSA) is 24.9 Å². The molecule has 0 saturated carbocycles. The average molecular weight is 353 g/mol. The minimum absolute atomic E-state index is 0.169. The normalized spacial score (nSPS) is 12.8. The minimum Gasteiger partial charge on any atom is -0.304 e. The van der Waals surface area contributed by atoms with E-state index in [4.69, 9.17) is 4.98 Å². The van der Waals surface area contributed by atoms with E-state index in [9.17, 15) is 0 Å². The van der Waals surface area contributed by atoms with Crippen LogP contribution in [0.15, 0.2) is 34.1 Å². The molecule has 1 heterocycles. The van der Waals surface area contributed by atoms with Crippen LogP contribution in [0.25, 0.3) is 0 Å². The van der Waals surface area contributed by atoms with Crippen LogP contribution < -0.4 is 5.32 Å². The third-order valence-electron chi connectivity index (χ3n) is 3.19. The molecular weight excluding hydrogens is 332 g/mol. The molecule has 0 bridgehead atoms. The lowest BCUT2D eigenvalue weighted by molar-refractivity contribution is 0.591. The van der Waals surface area contributed by atoms with Crippen molar-refractivity contribution in [3.63, 3.8) is 0 Å². The van der Waals surface area contributed by atoms with E-state index in [-0.39, 0.29) is 6.04 Å². The van der Waals surface area contributed by atoms with Crippen LogP contribution in [0.5, 0.6) is 0 Å². The summed E-state index contributed by atoms with van der Waals surface area (Å²) in [5.41, 5.74) is 2.44. The Kier molecular flexibility index (Phi) is 5.75. The predicted octanol–water partition coefficient (Wildman–Crippen LogP) is 5.12. The molecule has 1 unspecified atom stereocenters. The van der Waals surface area contributed by atoms with Gasteiger partial charge in [-0.05, 0) is 30.5 Å². The number of rotatable bonds is 6. The van der Waals surface area contributed by atoms with Crippen molar-refractivity contribution in [2.24, 2.45) is 0 Å². The maximum Gasteiger partial charge on any atom is 0.114 e. The summed E-state index contributed by atoms with van der Waals surface area (Å²) in [6.45, 7) is 7.55. The standard InChI is InChI=1S/C16H21BrN2S/c1-4-9-18-15(12-7-5-6-8-13(12)17)16-19-14(10-20-16)11(2)3/h5-8,10-11,15,18H,4,9H2,1-3H3. The molecule has 1 aromatic carbocycles. The molecule has 1 N–H and O–H groups in total. The van der Waals surface area contributed by atoms with Crippen molar-refractivity contribution in [3.05, 3.63) is 50.4 Å². The number of thiazole rings is 1. The quantitative estimate of drug-likeness (QED) is 0.780. The van der Waals surface area contributed by atoms with Crippen LogP contribution in [-0.4, -0.2) is 11.5 Å². The molecule has 108 valence electrons. The zero-order chi connectivity index (χ0) is 14.5. The molecule has 0 fully saturated rings. The maximum atomic E-state index is 4.82. The van der Waals surface area contributed by atoms with Crippen molar-refractivity contribution in [2.75, 3.05) is 6.54 Å². The van der Waals surface area contributed by atoms with E-state index in [1.165, 1.54) is 11.3 Å². The highest BCUT2D eigenvalue weighted by molar-refractivity contribution is 9.10. The average Bonchev–Trinajstić information content (AvgIpc) is 2.91. The molecule has 2 aromatic rings. The summed E-state index contributed by atoms with van der Waals surface area (Å²) < 4.78 is 1.13. The molecule has 0 aliphatic heterocycles. The Morgan fingerprint density at radius 1 is 1.30 bits per heavy atom. The number of hydrogen-bond acceptors (Lipinski definition) is 3. The molecule has 1 aromatic heterocycles. The first-order chi connectivity index (χ1) is 9.63. The Morgan fingerprint density at radius 3 is 2.65 bits per heavy atom. The van der Waals surface area contributed by atoms with Crippen molar-refractivity contribution < 1.29 is 0 Å². The summed E-state index contributed by atoms with van der Waals surface area (Å²) in [4.78, 5) is 4.82. The number of halogens is 1. The Labute approximate surface area is 133 Å². The number of benzene rings is 1. The molecule has 2 rings (SSSR count). The van der Waals surface area contributed by atoms with Crippen LogP contribution in [0.3, 0.4) is 0 Å². The van der Waals surface area contributed by atoms with E-state index < -0.39 is 0 Å². The molecule has 4 heteroatoms. The van der Waals surface area contributed by atoms with Gasteiger partial charge in [-0.3, -0.25) is 0 Å². The summed E-state index contributed by atoms with van der Waals surface area (Å²) in [5, 5.41) is 6.94. The molecule has 0 aliphatic carbocycles. The first-order valence-electron chi connectivity index (χ1n) is 7.06. The Balaban J connectivity index is 2.34. The fraction of sp³-hybridized carbons (Fsp3) is 0.438. The van der Waals surface area contributed by atoms with Crippen molar-refractivity contribution in [2.45, 2.75) is 39.2 Å². The van der Waals surface area contributed by atoms with Gasteiger partial charge < -0.3 is 5.32 Å². The highest BCUT2D eigenvalue weighted by atomic mass is 79.9. The van der Waals surface area contributed by atoms with Gasteiger partial charge >= 0.3 is 0 Å². The summed E-state index contributed by atoms with van der Waals surface area (Å²) in [6, 6.07) is 8.55. The van der Waals surface area contributed by atoms with Crippen molar-refractivity contribution in [1.82, 2.24) is 10.3 Å². The second-order valence-electron chi connectivity index (χ2n) is 5.17. The molecule has 0 saturated heterocycles.